The van der Waals surface area contributed by atoms with Crippen LogP contribution in [-0.2, 0) is 49.6 Å². The van der Waals surface area contributed by atoms with Crippen LogP contribution < -0.4 is 76.5 Å². The Hall–Kier alpha value is -5.83. The van der Waals surface area contributed by atoms with Gasteiger partial charge in [0.15, 0.2) is 0 Å². The van der Waals surface area contributed by atoms with E-state index in [-0.39, 0.29) is 77.0 Å². The topological polar surface area (TPSA) is 432 Å². The van der Waals surface area contributed by atoms with Gasteiger partial charge in [-0.2, -0.15) is 0 Å². The number of nitrogens with one attached hydrogen (secondary N) is 9. The summed E-state index contributed by atoms with van der Waals surface area (Å²) in [4.78, 5) is 124. The molecule has 21 N–H and O–H groups in total. The molecule has 1 aliphatic heterocycles. The molecule has 0 unspecified atom stereocenters. The zero-order valence-electron chi connectivity index (χ0n) is 39.3. The van der Waals surface area contributed by atoms with E-state index in [1.54, 1.807) is 44.2 Å². The average molecular weight is 963 g/mol. The van der Waals surface area contributed by atoms with Crippen molar-refractivity contribution in [3.8, 4) is 0 Å². The van der Waals surface area contributed by atoms with Crippen molar-refractivity contribution in [2.24, 2.45) is 34.6 Å². The third kappa shape index (κ3) is 19.4. The molecule has 0 aliphatic carbocycles. The van der Waals surface area contributed by atoms with E-state index in [1.165, 1.54) is 13.8 Å². The number of carbonyl (C=O) groups excluding carboxylic acids is 9. The molecule has 0 bridgehead atoms. The van der Waals surface area contributed by atoms with Crippen LogP contribution >= 0.6 is 0 Å². The monoisotopic (exact) mass is 963 g/mol. The molecule has 1 aromatic rings. The summed E-state index contributed by atoms with van der Waals surface area (Å²) in [6, 6.07) is -4.14. The van der Waals surface area contributed by atoms with Gasteiger partial charge in [-0.1, -0.05) is 44.2 Å². The lowest BCUT2D eigenvalue weighted by Gasteiger charge is -2.28. The summed E-state index contributed by atoms with van der Waals surface area (Å²) < 4.78 is 0. The number of aliphatic hydroxyl groups excluding tert-OH is 2. The molecule has 25 nitrogen and oxygen atoms in total. The van der Waals surface area contributed by atoms with Gasteiger partial charge in [-0.05, 0) is 90.0 Å². The highest BCUT2D eigenvalue weighted by molar-refractivity contribution is 5.98. The number of hydrogen-bond donors (Lipinski definition) is 16. The van der Waals surface area contributed by atoms with Crippen LogP contribution in [0, 0.1) is 5.92 Å². The fraction of sp³-hybridized carbons (Fsp3) is 0.651. The van der Waals surface area contributed by atoms with Crippen LogP contribution in [0.3, 0.4) is 0 Å². The molecule has 0 radical (unpaired) electrons. The SMILES string of the molecule is CC(C)C[C@@H]1NC(=O)[C@@H](Cc2ccccc2)NC(=O)[C@@H](CCN)NC(=O)[C@@H](NC(=O)[C@H](CCN)NC(=O)[C@@H](N)[C@@H](C)O)CCNC(=O)[C@H]([C@@H](C)O)NC(=O)[C@H](CCN)NC(=O)[C@H](CCN)NC1=O. The summed E-state index contributed by atoms with van der Waals surface area (Å²) in [5.41, 5.74) is 29.6. The molecular weight excluding hydrogens is 889 g/mol. The Morgan fingerprint density at radius 1 is 0.632 bits per heavy atom. The number of nitrogens with two attached hydrogens (primary N) is 5. The van der Waals surface area contributed by atoms with Crippen molar-refractivity contribution in [3.05, 3.63) is 35.9 Å². The lowest BCUT2D eigenvalue weighted by atomic mass is 10.00. The van der Waals surface area contributed by atoms with Gasteiger partial charge in [-0.3, -0.25) is 43.2 Å². The lowest BCUT2D eigenvalue weighted by molar-refractivity contribution is -0.136. The number of amides is 9. The second-order valence-corrected chi connectivity index (χ2v) is 17.1. The van der Waals surface area contributed by atoms with E-state index in [1.807, 2.05) is 0 Å². The molecule has 0 aromatic heterocycles. The molecule has 1 fully saturated rings. The zero-order chi connectivity index (χ0) is 51.1. The van der Waals surface area contributed by atoms with Crippen LogP contribution in [0.2, 0.25) is 0 Å². The molecule has 382 valence electrons. The summed E-state index contributed by atoms with van der Waals surface area (Å²) in [5, 5.41) is 43.4. The highest BCUT2D eigenvalue weighted by atomic mass is 16.3. The van der Waals surface area contributed by atoms with Gasteiger partial charge in [0.05, 0.1) is 12.2 Å². The van der Waals surface area contributed by atoms with Crippen molar-refractivity contribution in [2.75, 3.05) is 32.7 Å². The quantitative estimate of drug-likeness (QED) is 0.0650. The fourth-order valence-electron chi connectivity index (χ4n) is 7.00. The van der Waals surface area contributed by atoms with Gasteiger partial charge in [0, 0.05) is 13.0 Å². The van der Waals surface area contributed by atoms with Crippen molar-refractivity contribution < 1.29 is 53.4 Å². The molecule has 9 amide bonds. The Kier molecular flexibility index (Phi) is 25.6. The highest BCUT2D eigenvalue weighted by Gasteiger charge is 2.36. The van der Waals surface area contributed by atoms with Crippen LogP contribution in [0.5, 0.6) is 0 Å². The van der Waals surface area contributed by atoms with Crippen LogP contribution in [-0.4, -0.2) is 163 Å². The second-order valence-electron chi connectivity index (χ2n) is 17.1. The van der Waals surface area contributed by atoms with E-state index >= 15 is 0 Å². The summed E-state index contributed by atoms with van der Waals surface area (Å²) in [5.74, 6) is -8.14. The molecule has 1 saturated heterocycles. The van der Waals surface area contributed by atoms with Gasteiger partial charge in [0.1, 0.15) is 54.4 Å². The molecule has 2 rings (SSSR count). The minimum absolute atomic E-state index is 0.0731. The van der Waals surface area contributed by atoms with E-state index in [0.717, 1.165) is 0 Å². The molecule has 1 aliphatic rings. The van der Waals surface area contributed by atoms with Crippen molar-refractivity contribution in [1.29, 1.82) is 0 Å². The number of carbonyl (C=O) groups is 9. The fourth-order valence-corrected chi connectivity index (χ4v) is 7.00. The van der Waals surface area contributed by atoms with Crippen molar-refractivity contribution >= 4 is 53.2 Å². The first-order valence-electron chi connectivity index (χ1n) is 22.8. The van der Waals surface area contributed by atoms with E-state index in [2.05, 4.69) is 47.9 Å². The zero-order valence-corrected chi connectivity index (χ0v) is 39.3. The predicted molar refractivity (Wildman–Crippen MR) is 249 cm³/mol. The highest BCUT2D eigenvalue weighted by Crippen LogP contribution is 2.11. The standard InChI is InChI=1S/C43H74N14O11/c1-22(2)20-31-40(65)52-26(10-15-44)35(60)51-29(13-18-47)39(64)57-34(24(4)59)43(68)49-19-14-30(53-36(61)28(12-17-46)54-42(67)33(48)23(3)58)38(63)50-27(11-16-45)37(62)56-32(41(66)55-31)21-25-8-6-5-7-9-25/h5-9,22-24,26-34,58-59H,10-21,44-48H2,1-4H3,(H,49,68)(H,50,63)(H,51,60)(H,52,65)(H,53,61)(H,54,67)(H,55,66)(H,56,62)(H,57,64)/t23-,24-,26+,27-,28+,29+,30+,31+,32-,33+,34+/m1/s1. The molecule has 25 heteroatoms. The summed E-state index contributed by atoms with van der Waals surface area (Å²) in [6.07, 6.45) is -3.78. The summed E-state index contributed by atoms with van der Waals surface area (Å²) >= 11 is 0. The maximum atomic E-state index is 14.2. The van der Waals surface area contributed by atoms with E-state index in [0.29, 0.717) is 5.56 Å². The minimum atomic E-state index is -1.63. The summed E-state index contributed by atoms with van der Waals surface area (Å²) in [7, 11) is 0. The smallest absolute Gasteiger partial charge is 0.245 e. The van der Waals surface area contributed by atoms with Crippen LogP contribution in [0.25, 0.3) is 0 Å². The lowest BCUT2D eigenvalue weighted by Crippen LogP contribution is -2.61. The van der Waals surface area contributed by atoms with Gasteiger partial charge in [0.2, 0.25) is 53.2 Å². The minimum Gasteiger partial charge on any atom is -0.391 e. The van der Waals surface area contributed by atoms with Crippen molar-refractivity contribution in [3.63, 3.8) is 0 Å². The van der Waals surface area contributed by atoms with Crippen LogP contribution in [0.1, 0.15) is 71.8 Å². The first-order chi connectivity index (χ1) is 32.2. The number of hydrogen-bond acceptors (Lipinski definition) is 16. The molecular formula is C43H74N14O11. The third-order valence-corrected chi connectivity index (χ3v) is 10.9. The summed E-state index contributed by atoms with van der Waals surface area (Å²) in [6.45, 7) is 5.20. The van der Waals surface area contributed by atoms with Crippen molar-refractivity contribution in [1.82, 2.24) is 47.9 Å². The molecule has 11 atom stereocenters. The van der Waals surface area contributed by atoms with E-state index in [9.17, 15) is 53.4 Å². The third-order valence-electron chi connectivity index (χ3n) is 10.9. The molecule has 1 aromatic carbocycles. The van der Waals surface area contributed by atoms with Gasteiger partial charge in [-0.15, -0.1) is 0 Å². The van der Waals surface area contributed by atoms with E-state index < -0.39 is 126 Å². The largest absolute Gasteiger partial charge is 0.391 e. The van der Waals surface area contributed by atoms with Crippen molar-refractivity contribution in [2.45, 2.75) is 139 Å². The predicted octanol–water partition coefficient (Wildman–Crippen LogP) is -6.84. The maximum absolute atomic E-state index is 14.2. The Morgan fingerprint density at radius 2 is 1.10 bits per heavy atom. The van der Waals surface area contributed by atoms with E-state index in [4.69, 9.17) is 28.7 Å². The maximum Gasteiger partial charge on any atom is 0.245 e. The second kappa shape index (κ2) is 29.8. The molecule has 68 heavy (non-hydrogen) atoms. The van der Waals surface area contributed by atoms with Crippen LogP contribution in [0.4, 0.5) is 0 Å². The molecule has 1 heterocycles. The first-order valence-corrected chi connectivity index (χ1v) is 22.8. The average Bonchev–Trinajstić information content (AvgIpc) is 3.28. The normalized spacial score (nSPS) is 24.9. The first kappa shape index (κ1) is 58.3. The van der Waals surface area contributed by atoms with Crippen LogP contribution in [0.15, 0.2) is 30.3 Å². The number of rotatable bonds is 18. The Balaban J connectivity index is 2.74. The number of aliphatic hydroxyl groups is 2. The molecule has 0 spiro atoms. The Morgan fingerprint density at radius 3 is 1.59 bits per heavy atom. The van der Waals surface area contributed by atoms with Gasteiger partial charge >= 0.3 is 0 Å². The Bertz CT molecular complexity index is 1840. The number of benzene rings is 1. The van der Waals surface area contributed by atoms with Gasteiger partial charge in [-0.25, -0.2) is 0 Å². The van der Waals surface area contributed by atoms with Gasteiger partial charge < -0.3 is 86.7 Å². The Labute approximate surface area is 396 Å². The molecule has 0 saturated carbocycles. The van der Waals surface area contributed by atoms with Gasteiger partial charge in [0.25, 0.3) is 0 Å².